The predicted octanol–water partition coefficient (Wildman–Crippen LogP) is 2.57. The second-order valence-corrected chi connectivity index (χ2v) is 5.38. The molecule has 0 bridgehead atoms. The van der Waals surface area contributed by atoms with Gasteiger partial charge in [-0.05, 0) is 25.5 Å². The van der Waals surface area contributed by atoms with Crippen molar-refractivity contribution in [3.63, 3.8) is 0 Å². The highest BCUT2D eigenvalue weighted by molar-refractivity contribution is 7.99. The highest BCUT2D eigenvalue weighted by Crippen LogP contribution is 2.25. The van der Waals surface area contributed by atoms with Crippen molar-refractivity contribution in [2.75, 3.05) is 5.75 Å². The van der Waals surface area contributed by atoms with Crippen molar-refractivity contribution in [2.45, 2.75) is 32.6 Å². The average molecular weight is 293 g/mol. The maximum atomic E-state index is 10.7. The van der Waals surface area contributed by atoms with Gasteiger partial charge in [-0.1, -0.05) is 6.92 Å². The Bertz CT molecular complexity index is 576. The third-order valence-corrected chi connectivity index (χ3v) is 4.00. The summed E-state index contributed by atoms with van der Waals surface area (Å²) in [6.45, 7) is 4.94. The van der Waals surface area contributed by atoms with Crippen molar-refractivity contribution >= 4 is 17.7 Å². The Balaban J connectivity index is 2.36. The Morgan fingerprint density at radius 1 is 1.35 bits per heavy atom. The smallest absolute Gasteiger partial charge is 0.313 e. The number of carboxylic acid groups (broad SMARTS) is 1. The molecule has 0 aromatic carbocycles. The molecule has 0 aliphatic carbocycles. The summed E-state index contributed by atoms with van der Waals surface area (Å²) >= 11 is 1.41. The summed E-state index contributed by atoms with van der Waals surface area (Å²) in [7, 11) is 0. The molecule has 1 N–H and O–H groups in total. The van der Waals surface area contributed by atoms with Gasteiger partial charge in [0, 0.05) is 30.3 Å². The van der Waals surface area contributed by atoms with E-state index in [1.54, 1.807) is 0 Å². The second-order valence-electron chi connectivity index (χ2n) is 4.40. The van der Waals surface area contributed by atoms with Gasteiger partial charge in [-0.25, -0.2) is 4.68 Å². The summed E-state index contributed by atoms with van der Waals surface area (Å²) in [4.78, 5) is 10.7. The predicted molar refractivity (Wildman–Crippen MR) is 80.4 cm³/mol. The van der Waals surface area contributed by atoms with Crippen LogP contribution in [0.1, 0.15) is 25.1 Å². The molecular formula is C14H19N3O2S. The van der Waals surface area contributed by atoms with E-state index < -0.39 is 5.97 Å². The number of hydrogen-bond acceptors (Lipinski definition) is 3. The fourth-order valence-corrected chi connectivity index (χ4v) is 2.97. The molecule has 5 nitrogen and oxygen atoms in total. The lowest BCUT2D eigenvalue weighted by Gasteiger charge is -2.09. The van der Waals surface area contributed by atoms with Crippen molar-refractivity contribution in [1.29, 1.82) is 0 Å². The van der Waals surface area contributed by atoms with Gasteiger partial charge < -0.3 is 9.67 Å². The molecule has 20 heavy (non-hydrogen) atoms. The molecule has 0 saturated carbocycles. The molecule has 0 spiro atoms. The highest BCUT2D eigenvalue weighted by atomic mass is 32.2. The Labute approximate surface area is 122 Å². The summed E-state index contributed by atoms with van der Waals surface area (Å²) in [5.74, 6) is 1.06. The molecule has 0 fully saturated rings. The minimum Gasteiger partial charge on any atom is -0.481 e. The average Bonchev–Trinajstić information content (AvgIpc) is 3.04. The van der Waals surface area contributed by atoms with E-state index in [1.807, 2.05) is 33.8 Å². The van der Waals surface area contributed by atoms with Crippen molar-refractivity contribution < 1.29 is 9.90 Å². The van der Waals surface area contributed by atoms with E-state index in [0.717, 1.165) is 30.0 Å². The van der Waals surface area contributed by atoms with Gasteiger partial charge in [0.15, 0.2) is 0 Å². The van der Waals surface area contributed by atoms with E-state index in [1.165, 1.54) is 11.8 Å². The van der Waals surface area contributed by atoms with Gasteiger partial charge in [-0.2, -0.15) is 5.10 Å². The Morgan fingerprint density at radius 2 is 2.05 bits per heavy atom. The van der Waals surface area contributed by atoms with Crippen LogP contribution in [0.25, 0.3) is 5.82 Å². The zero-order chi connectivity index (χ0) is 14.5. The zero-order valence-electron chi connectivity index (χ0n) is 11.7. The molecule has 0 amide bonds. The monoisotopic (exact) mass is 293 g/mol. The third kappa shape index (κ3) is 3.07. The SMILES string of the molecule is CCc1nn(CC)c(-n2cccc2)c1CSCC(=O)O. The van der Waals surface area contributed by atoms with Gasteiger partial charge >= 0.3 is 5.97 Å². The van der Waals surface area contributed by atoms with Crippen LogP contribution in [0.3, 0.4) is 0 Å². The molecule has 2 rings (SSSR count). The number of aryl methyl sites for hydroxylation is 2. The first kappa shape index (κ1) is 14.7. The number of thioether (sulfide) groups is 1. The summed E-state index contributed by atoms with van der Waals surface area (Å²) in [5, 5.41) is 13.4. The molecule has 0 radical (unpaired) electrons. The number of aromatic nitrogens is 3. The van der Waals surface area contributed by atoms with E-state index in [4.69, 9.17) is 5.11 Å². The first-order chi connectivity index (χ1) is 9.67. The van der Waals surface area contributed by atoms with Gasteiger partial charge in [0.1, 0.15) is 5.82 Å². The maximum absolute atomic E-state index is 10.7. The van der Waals surface area contributed by atoms with E-state index in [2.05, 4.69) is 18.9 Å². The third-order valence-electron chi connectivity index (χ3n) is 3.06. The Hall–Kier alpha value is -1.69. The van der Waals surface area contributed by atoms with Gasteiger partial charge in [0.05, 0.1) is 11.4 Å². The van der Waals surface area contributed by atoms with Crippen LogP contribution >= 0.6 is 11.8 Å². The largest absolute Gasteiger partial charge is 0.481 e. The first-order valence-corrected chi connectivity index (χ1v) is 7.84. The van der Waals surface area contributed by atoms with Crippen LogP contribution < -0.4 is 0 Å². The molecule has 2 aromatic rings. The molecule has 2 aromatic heterocycles. The molecule has 0 aliphatic rings. The van der Waals surface area contributed by atoms with Gasteiger partial charge in [0.25, 0.3) is 0 Å². The minimum absolute atomic E-state index is 0.117. The first-order valence-electron chi connectivity index (χ1n) is 6.68. The van der Waals surface area contributed by atoms with Crippen LogP contribution in [0.2, 0.25) is 0 Å². The van der Waals surface area contributed by atoms with Crippen molar-refractivity contribution in [3.05, 3.63) is 35.8 Å². The van der Waals surface area contributed by atoms with Crippen molar-refractivity contribution in [1.82, 2.24) is 14.3 Å². The van der Waals surface area contributed by atoms with Crippen LogP contribution in [0.5, 0.6) is 0 Å². The molecule has 108 valence electrons. The second kappa shape index (κ2) is 6.65. The molecule has 0 aliphatic heterocycles. The fraction of sp³-hybridized carbons (Fsp3) is 0.429. The Kier molecular flexibility index (Phi) is 4.89. The standard InChI is InChI=1S/C14H19N3O2S/c1-3-12-11(9-20-10-13(18)19)14(17(4-2)15-12)16-7-5-6-8-16/h5-8H,3-4,9-10H2,1-2H3,(H,18,19). The lowest BCUT2D eigenvalue weighted by molar-refractivity contribution is -0.133. The van der Waals surface area contributed by atoms with E-state index in [-0.39, 0.29) is 5.75 Å². The molecular weight excluding hydrogens is 274 g/mol. The zero-order valence-corrected chi connectivity index (χ0v) is 12.6. The summed E-state index contributed by atoms with van der Waals surface area (Å²) in [6, 6.07) is 3.96. The number of carboxylic acids is 1. The van der Waals surface area contributed by atoms with Gasteiger partial charge in [-0.15, -0.1) is 11.8 Å². The van der Waals surface area contributed by atoms with E-state index >= 15 is 0 Å². The summed E-state index contributed by atoms with van der Waals surface area (Å²) < 4.78 is 4.03. The minimum atomic E-state index is -0.779. The normalized spacial score (nSPS) is 10.9. The summed E-state index contributed by atoms with van der Waals surface area (Å²) in [5.41, 5.74) is 2.19. The lowest BCUT2D eigenvalue weighted by atomic mass is 10.2. The topological polar surface area (TPSA) is 60.0 Å². The maximum Gasteiger partial charge on any atom is 0.313 e. The highest BCUT2D eigenvalue weighted by Gasteiger charge is 2.17. The van der Waals surface area contributed by atoms with Crippen LogP contribution in [0.15, 0.2) is 24.5 Å². The number of aliphatic carboxylic acids is 1. The van der Waals surface area contributed by atoms with E-state index in [9.17, 15) is 4.79 Å². The van der Waals surface area contributed by atoms with E-state index in [0.29, 0.717) is 5.75 Å². The molecule has 2 heterocycles. The van der Waals surface area contributed by atoms with Crippen molar-refractivity contribution in [3.8, 4) is 5.82 Å². The number of rotatable bonds is 7. The fourth-order valence-electron chi connectivity index (χ4n) is 2.20. The van der Waals surface area contributed by atoms with Gasteiger partial charge in [0.2, 0.25) is 0 Å². The Morgan fingerprint density at radius 3 is 2.60 bits per heavy atom. The molecule has 6 heteroatoms. The molecule has 0 unspecified atom stereocenters. The lowest BCUT2D eigenvalue weighted by Crippen LogP contribution is -2.06. The van der Waals surface area contributed by atoms with Crippen molar-refractivity contribution in [2.24, 2.45) is 0 Å². The number of carbonyl (C=O) groups is 1. The van der Waals surface area contributed by atoms with Crippen LogP contribution in [-0.2, 0) is 23.5 Å². The molecule has 0 saturated heterocycles. The summed E-state index contributed by atoms with van der Waals surface area (Å²) in [6.07, 6.45) is 4.84. The number of nitrogens with zero attached hydrogens (tertiary/aromatic N) is 3. The quantitative estimate of drug-likeness (QED) is 0.852. The van der Waals surface area contributed by atoms with Crippen LogP contribution in [0.4, 0.5) is 0 Å². The molecule has 0 atom stereocenters. The van der Waals surface area contributed by atoms with Crippen LogP contribution in [-0.4, -0.2) is 31.2 Å². The van der Waals surface area contributed by atoms with Crippen LogP contribution in [0, 0.1) is 0 Å². The number of hydrogen-bond donors (Lipinski definition) is 1. The van der Waals surface area contributed by atoms with Gasteiger partial charge in [-0.3, -0.25) is 4.79 Å².